The minimum atomic E-state index is 0.781. The van der Waals surface area contributed by atoms with Crippen LogP contribution in [0.4, 0.5) is 0 Å². The molecule has 0 aliphatic heterocycles. The molecule has 1 heterocycles. The average molecular weight is 162 g/mol. The SMILES string of the molecule is O=Cc1cccc2sccc12. The zero-order chi connectivity index (χ0) is 7.68. The van der Waals surface area contributed by atoms with Crippen molar-refractivity contribution >= 4 is 27.7 Å². The van der Waals surface area contributed by atoms with E-state index in [1.165, 1.54) is 4.70 Å². The molecular formula is C9H6OS. The van der Waals surface area contributed by atoms with Crippen LogP contribution in [-0.2, 0) is 0 Å². The van der Waals surface area contributed by atoms with Crippen molar-refractivity contribution < 1.29 is 4.79 Å². The van der Waals surface area contributed by atoms with Crippen molar-refractivity contribution in [1.29, 1.82) is 0 Å². The smallest absolute Gasteiger partial charge is 0.150 e. The molecule has 0 aliphatic rings. The fourth-order valence-corrected chi connectivity index (χ4v) is 1.94. The van der Waals surface area contributed by atoms with Crippen molar-refractivity contribution in [3.8, 4) is 0 Å². The summed E-state index contributed by atoms with van der Waals surface area (Å²) in [4.78, 5) is 10.5. The predicted octanol–water partition coefficient (Wildman–Crippen LogP) is 2.71. The summed E-state index contributed by atoms with van der Waals surface area (Å²) in [5.41, 5.74) is 0.781. The van der Waals surface area contributed by atoms with Gasteiger partial charge in [-0.05, 0) is 17.5 Å². The quantitative estimate of drug-likeness (QED) is 0.589. The largest absolute Gasteiger partial charge is 0.298 e. The van der Waals surface area contributed by atoms with Gasteiger partial charge in [-0.1, -0.05) is 12.1 Å². The number of aldehydes is 1. The highest BCUT2D eigenvalue weighted by atomic mass is 32.1. The van der Waals surface area contributed by atoms with Crippen LogP contribution in [0, 0.1) is 0 Å². The van der Waals surface area contributed by atoms with Crippen molar-refractivity contribution in [2.75, 3.05) is 0 Å². The van der Waals surface area contributed by atoms with E-state index in [4.69, 9.17) is 0 Å². The molecule has 1 nitrogen and oxygen atoms in total. The lowest BCUT2D eigenvalue weighted by Crippen LogP contribution is -1.77. The number of benzene rings is 1. The second-order valence-corrected chi connectivity index (χ2v) is 3.25. The Balaban J connectivity index is 2.88. The number of carbonyl (C=O) groups is 1. The first-order chi connectivity index (χ1) is 5.42. The molecule has 0 fully saturated rings. The summed E-state index contributed by atoms with van der Waals surface area (Å²) in [6.07, 6.45) is 0.898. The molecule has 0 amide bonds. The first-order valence-corrected chi connectivity index (χ1v) is 4.21. The monoisotopic (exact) mass is 162 g/mol. The van der Waals surface area contributed by atoms with Gasteiger partial charge in [-0.2, -0.15) is 0 Å². The van der Waals surface area contributed by atoms with Crippen LogP contribution in [0.1, 0.15) is 10.4 Å². The van der Waals surface area contributed by atoms with E-state index in [9.17, 15) is 4.79 Å². The van der Waals surface area contributed by atoms with Gasteiger partial charge >= 0.3 is 0 Å². The molecule has 0 N–H and O–H groups in total. The first kappa shape index (κ1) is 6.55. The Hall–Kier alpha value is -1.15. The highest BCUT2D eigenvalue weighted by Gasteiger charge is 1.98. The summed E-state index contributed by atoms with van der Waals surface area (Å²) < 4.78 is 1.18. The molecule has 0 aliphatic carbocycles. The zero-order valence-corrected chi connectivity index (χ0v) is 6.60. The van der Waals surface area contributed by atoms with Crippen molar-refractivity contribution in [2.24, 2.45) is 0 Å². The Labute approximate surface area is 68.3 Å². The van der Waals surface area contributed by atoms with E-state index in [0.29, 0.717) is 0 Å². The molecule has 0 spiro atoms. The number of hydrogen-bond acceptors (Lipinski definition) is 2. The van der Waals surface area contributed by atoms with Gasteiger partial charge in [0.15, 0.2) is 6.29 Å². The predicted molar refractivity (Wildman–Crippen MR) is 47.2 cm³/mol. The van der Waals surface area contributed by atoms with Gasteiger partial charge in [-0.3, -0.25) is 4.79 Å². The second-order valence-electron chi connectivity index (χ2n) is 2.30. The number of carbonyl (C=O) groups excluding carboxylic acids is 1. The third-order valence-corrected chi connectivity index (χ3v) is 2.54. The van der Waals surface area contributed by atoms with E-state index in [-0.39, 0.29) is 0 Å². The topological polar surface area (TPSA) is 17.1 Å². The minimum Gasteiger partial charge on any atom is -0.298 e. The van der Waals surface area contributed by atoms with Crippen LogP contribution in [0.2, 0.25) is 0 Å². The standard InChI is InChI=1S/C9H6OS/c10-6-7-2-1-3-9-8(7)4-5-11-9/h1-6H. The van der Waals surface area contributed by atoms with Crippen molar-refractivity contribution in [3.63, 3.8) is 0 Å². The summed E-state index contributed by atoms with van der Waals surface area (Å²) in [5, 5.41) is 3.06. The third kappa shape index (κ3) is 0.955. The van der Waals surface area contributed by atoms with Gasteiger partial charge in [0.05, 0.1) is 0 Å². The third-order valence-electron chi connectivity index (χ3n) is 1.66. The van der Waals surface area contributed by atoms with Gasteiger partial charge < -0.3 is 0 Å². The van der Waals surface area contributed by atoms with Crippen LogP contribution < -0.4 is 0 Å². The molecule has 1 aromatic heterocycles. The maximum absolute atomic E-state index is 10.5. The fourth-order valence-electron chi connectivity index (χ4n) is 1.12. The van der Waals surface area contributed by atoms with Gasteiger partial charge in [-0.15, -0.1) is 11.3 Å². The normalized spacial score (nSPS) is 10.2. The summed E-state index contributed by atoms with van der Waals surface area (Å²) in [5.74, 6) is 0. The van der Waals surface area contributed by atoms with Gasteiger partial charge in [-0.25, -0.2) is 0 Å². The Morgan fingerprint density at radius 1 is 1.27 bits per heavy atom. The Kier molecular flexibility index (Phi) is 1.47. The molecule has 11 heavy (non-hydrogen) atoms. The average Bonchev–Trinajstić information content (AvgIpc) is 2.50. The van der Waals surface area contributed by atoms with E-state index in [0.717, 1.165) is 17.2 Å². The minimum absolute atomic E-state index is 0.781. The molecule has 2 aromatic rings. The van der Waals surface area contributed by atoms with Crippen LogP contribution in [0.15, 0.2) is 29.6 Å². The number of fused-ring (bicyclic) bond motifs is 1. The maximum Gasteiger partial charge on any atom is 0.150 e. The highest BCUT2D eigenvalue weighted by molar-refractivity contribution is 7.17. The van der Waals surface area contributed by atoms with Crippen LogP contribution in [0.25, 0.3) is 10.1 Å². The van der Waals surface area contributed by atoms with Crippen molar-refractivity contribution in [1.82, 2.24) is 0 Å². The molecule has 54 valence electrons. The molecule has 0 unspecified atom stereocenters. The zero-order valence-electron chi connectivity index (χ0n) is 5.78. The molecule has 1 aromatic carbocycles. The molecule has 2 rings (SSSR count). The molecule has 2 heteroatoms. The van der Waals surface area contributed by atoms with Gasteiger partial charge in [0.1, 0.15) is 0 Å². The lowest BCUT2D eigenvalue weighted by Gasteiger charge is -1.90. The molecule has 0 saturated carbocycles. The summed E-state index contributed by atoms with van der Waals surface area (Å²) >= 11 is 1.66. The van der Waals surface area contributed by atoms with E-state index < -0.39 is 0 Å². The lowest BCUT2D eigenvalue weighted by atomic mass is 10.1. The van der Waals surface area contributed by atoms with Gasteiger partial charge in [0.2, 0.25) is 0 Å². The van der Waals surface area contributed by atoms with Gasteiger partial charge in [0, 0.05) is 15.6 Å². The molecular weight excluding hydrogens is 156 g/mol. The van der Waals surface area contributed by atoms with Crippen LogP contribution >= 0.6 is 11.3 Å². The summed E-state index contributed by atoms with van der Waals surface area (Å²) in [6, 6.07) is 7.74. The summed E-state index contributed by atoms with van der Waals surface area (Å²) in [7, 11) is 0. The van der Waals surface area contributed by atoms with E-state index in [2.05, 4.69) is 0 Å². The summed E-state index contributed by atoms with van der Waals surface area (Å²) in [6.45, 7) is 0. The van der Waals surface area contributed by atoms with E-state index in [1.54, 1.807) is 11.3 Å². The molecule has 0 atom stereocenters. The lowest BCUT2D eigenvalue weighted by molar-refractivity contribution is 0.112. The fraction of sp³-hybridized carbons (Fsp3) is 0. The molecule has 0 bridgehead atoms. The Morgan fingerprint density at radius 2 is 2.18 bits per heavy atom. The molecule has 0 radical (unpaired) electrons. The van der Waals surface area contributed by atoms with Crippen LogP contribution in [-0.4, -0.2) is 6.29 Å². The first-order valence-electron chi connectivity index (χ1n) is 3.33. The van der Waals surface area contributed by atoms with Crippen molar-refractivity contribution in [3.05, 3.63) is 35.2 Å². The maximum atomic E-state index is 10.5. The number of rotatable bonds is 1. The number of hydrogen-bond donors (Lipinski definition) is 0. The Morgan fingerprint density at radius 3 is 3.00 bits per heavy atom. The van der Waals surface area contributed by atoms with Crippen molar-refractivity contribution in [2.45, 2.75) is 0 Å². The van der Waals surface area contributed by atoms with E-state index in [1.807, 2.05) is 29.6 Å². The Bertz CT molecular complexity index is 389. The van der Waals surface area contributed by atoms with Gasteiger partial charge in [0.25, 0.3) is 0 Å². The number of thiophene rings is 1. The highest BCUT2D eigenvalue weighted by Crippen LogP contribution is 2.22. The second kappa shape index (κ2) is 2.47. The van der Waals surface area contributed by atoms with Crippen LogP contribution in [0.3, 0.4) is 0 Å². The van der Waals surface area contributed by atoms with E-state index >= 15 is 0 Å². The van der Waals surface area contributed by atoms with Crippen LogP contribution in [0.5, 0.6) is 0 Å². The molecule has 0 saturated heterocycles.